The molecule has 8 rings (SSSR count). The Labute approximate surface area is 411 Å². The van der Waals surface area contributed by atoms with Gasteiger partial charge in [0.1, 0.15) is 46.4 Å². The molecule has 0 bridgehead atoms. The standard InChI is InChI=1S/C25H26F3N3O3.C14H19NO3.C11H8BrF3N2.CH4/c1-16-19-12-13-30(23(32)34-24(2,3)4)20(19)10-11-21(16)33-15-17-14-22(25(26,27)28)31(29-17)18-8-6-5-7-9-18;1-9-10-7-8-15(11(10)5-6-12(9)16)13(17)18-14(2,3)4;12-7-8-6-10(11(13,14)15)17(16-8)9-4-2-1-3-5-9;/h5-11,14H,12-13,15H2,1-4H3;5-6,16H,7-8H2,1-4H3;1-6H,7H2;1H4. The molecule has 19 heteroatoms. The molecular formula is C51H57BrF6N6O6. The number of hydrogen-bond donors (Lipinski definition) is 1. The van der Waals surface area contributed by atoms with Crippen LogP contribution in [0.15, 0.2) is 97.1 Å². The molecule has 0 saturated carbocycles. The normalized spacial score (nSPS) is 13.2. The van der Waals surface area contributed by atoms with E-state index in [1.54, 1.807) is 94.7 Å². The number of fused-ring (bicyclic) bond motifs is 2. The van der Waals surface area contributed by atoms with E-state index in [1.165, 1.54) is 0 Å². The minimum absolute atomic E-state index is 0. The van der Waals surface area contributed by atoms with E-state index in [2.05, 4.69) is 26.1 Å². The minimum atomic E-state index is -4.56. The maximum atomic E-state index is 13.6. The molecule has 4 aromatic carbocycles. The van der Waals surface area contributed by atoms with Crippen LogP contribution < -0.4 is 14.5 Å². The van der Waals surface area contributed by atoms with Gasteiger partial charge in [0.25, 0.3) is 0 Å². The van der Waals surface area contributed by atoms with Crippen LogP contribution in [0.1, 0.15) is 94.0 Å². The van der Waals surface area contributed by atoms with Crippen LogP contribution in [-0.4, -0.2) is 61.1 Å². The maximum absolute atomic E-state index is 13.6. The van der Waals surface area contributed by atoms with Gasteiger partial charge >= 0.3 is 24.5 Å². The number of amides is 2. The van der Waals surface area contributed by atoms with Gasteiger partial charge in [-0.3, -0.25) is 9.80 Å². The van der Waals surface area contributed by atoms with Gasteiger partial charge in [0.05, 0.1) is 28.4 Å². The summed E-state index contributed by atoms with van der Waals surface area (Å²) in [6.07, 6.45) is -8.32. The fraction of sp³-hybridized carbons (Fsp3) is 0.373. The molecule has 0 fully saturated rings. The predicted octanol–water partition coefficient (Wildman–Crippen LogP) is 13.5. The average molecular weight is 1040 g/mol. The fourth-order valence-electron chi connectivity index (χ4n) is 7.53. The van der Waals surface area contributed by atoms with Gasteiger partial charge < -0.3 is 19.3 Å². The Hall–Kier alpha value is -6.50. The second-order valence-corrected chi connectivity index (χ2v) is 18.7. The zero-order chi connectivity index (χ0) is 50.6. The third kappa shape index (κ3) is 13.2. The molecule has 0 aliphatic carbocycles. The summed E-state index contributed by atoms with van der Waals surface area (Å²) >= 11 is 3.10. The Balaban J connectivity index is 0.000000214. The van der Waals surface area contributed by atoms with Crippen LogP contribution in [-0.2, 0) is 46.6 Å². The lowest BCUT2D eigenvalue weighted by Gasteiger charge is -2.25. The first-order valence-corrected chi connectivity index (χ1v) is 22.9. The molecule has 2 aliphatic heterocycles. The third-order valence-electron chi connectivity index (χ3n) is 10.7. The third-order valence-corrected chi connectivity index (χ3v) is 11.2. The highest BCUT2D eigenvalue weighted by Crippen LogP contribution is 2.39. The van der Waals surface area contributed by atoms with Crippen molar-refractivity contribution in [1.29, 1.82) is 0 Å². The summed E-state index contributed by atoms with van der Waals surface area (Å²) < 4.78 is 97.7. The summed E-state index contributed by atoms with van der Waals surface area (Å²) in [5.74, 6) is 0.812. The highest BCUT2D eigenvalue weighted by Gasteiger charge is 2.38. The van der Waals surface area contributed by atoms with E-state index in [0.717, 1.165) is 61.5 Å². The Kier molecular flexibility index (Phi) is 16.8. The van der Waals surface area contributed by atoms with Crippen LogP contribution in [0.3, 0.4) is 0 Å². The summed E-state index contributed by atoms with van der Waals surface area (Å²) in [6, 6.07) is 25.3. The molecule has 0 unspecified atom stereocenters. The molecule has 12 nitrogen and oxygen atoms in total. The van der Waals surface area contributed by atoms with Crippen LogP contribution in [0, 0.1) is 13.8 Å². The number of hydrogen-bond acceptors (Lipinski definition) is 8. The zero-order valence-corrected chi connectivity index (χ0v) is 40.9. The lowest BCUT2D eigenvalue weighted by Crippen LogP contribution is -2.35. The number of benzene rings is 4. The molecule has 1 N–H and O–H groups in total. The first-order chi connectivity index (χ1) is 32.3. The van der Waals surface area contributed by atoms with Crippen LogP contribution in [0.5, 0.6) is 11.5 Å². The van der Waals surface area contributed by atoms with Gasteiger partial charge in [0, 0.05) is 18.4 Å². The van der Waals surface area contributed by atoms with E-state index in [0.29, 0.717) is 42.3 Å². The smallest absolute Gasteiger partial charge is 0.433 e. The van der Waals surface area contributed by atoms with Gasteiger partial charge in [-0.15, -0.1) is 0 Å². The number of anilines is 2. The van der Waals surface area contributed by atoms with Crippen molar-refractivity contribution in [3.05, 3.63) is 142 Å². The summed E-state index contributed by atoms with van der Waals surface area (Å²) in [4.78, 5) is 27.8. The lowest BCUT2D eigenvalue weighted by molar-refractivity contribution is -0.143. The molecule has 2 amide bonds. The van der Waals surface area contributed by atoms with Gasteiger partial charge in [-0.25, -0.2) is 19.0 Å². The van der Waals surface area contributed by atoms with Gasteiger partial charge in [-0.2, -0.15) is 36.5 Å². The van der Waals surface area contributed by atoms with Crippen LogP contribution in [0.25, 0.3) is 11.4 Å². The van der Waals surface area contributed by atoms with E-state index in [9.17, 15) is 41.0 Å². The van der Waals surface area contributed by atoms with E-state index < -0.39 is 41.0 Å². The summed E-state index contributed by atoms with van der Waals surface area (Å²) in [5.41, 5.74) is 3.76. The van der Waals surface area contributed by atoms with Crippen molar-refractivity contribution < 1.29 is 55.2 Å². The second-order valence-electron chi connectivity index (χ2n) is 18.1. The van der Waals surface area contributed by atoms with Crippen molar-refractivity contribution in [2.45, 2.75) is 111 Å². The van der Waals surface area contributed by atoms with Gasteiger partial charge in [-0.1, -0.05) is 59.8 Å². The topological polar surface area (TPSA) is 124 Å². The molecule has 2 aromatic heterocycles. The number of phenols is 1. The minimum Gasteiger partial charge on any atom is -0.508 e. The Bertz CT molecular complexity index is 2760. The number of aromatic hydroxyl groups is 1. The van der Waals surface area contributed by atoms with E-state index >= 15 is 0 Å². The predicted molar refractivity (Wildman–Crippen MR) is 259 cm³/mol. The average Bonchev–Trinajstić information content (AvgIpc) is 4.09. The zero-order valence-electron chi connectivity index (χ0n) is 39.3. The highest BCUT2D eigenvalue weighted by molar-refractivity contribution is 9.08. The molecule has 0 radical (unpaired) electrons. The van der Waals surface area contributed by atoms with Gasteiger partial charge in [-0.05, 0) is 151 Å². The number of nitrogens with zero attached hydrogens (tertiary/aromatic N) is 6. The highest BCUT2D eigenvalue weighted by atomic mass is 79.9. The number of para-hydroxylation sites is 2. The molecule has 0 saturated heterocycles. The summed E-state index contributed by atoms with van der Waals surface area (Å²) in [5, 5.41) is 18.0. The number of carbonyl (C=O) groups excluding carboxylic acids is 2. The second kappa shape index (κ2) is 21.6. The molecule has 6 aromatic rings. The van der Waals surface area contributed by atoms with Crippen molar-refractivity contribution in [3.8, 4) is 22.9 Å². The van der Waals surface area contributed by atoms with Gasteiger partial charge in [0.15, 0.2) is 0 Å². The Morgan fingerprint density at radius 3 is 1.47 bits per heavy atom. The van der Waals surface area contributed by atoms with Crippen molar-refractivity contribution in [1.82, 2.24) is 19.6 Å². The summed E-state index contributed by atoms with van der Waals surface area (Å²) in [6.45, 7) is 15.7. The van der Waals surface area contributed by atoms with Crippen LogP contribution in [0.4, 0.5) is 47.3 Å². The van der Waals surface area contributed by atoms with Gasteiger partial charge in [0.2, 0.25) is 0 Å². The largest absolute Gasteiger partial charge is 0.508 e. The number of rotatable bonds is 6. The molecule has 376 valence electrons. The molecule has 4 heterocycles. The summed E-state index contributed by atoms with van der Waals surface area (Å²) in [7, 11) is 0. The van der Waals surface area contributed by atoms with Crippen molar-refractivity contribution in [2.75, 3.05) is 22.9 Å². The monoisotopic (exact) mass is 1040 g/mol. The quantitative estimate of drug-likeness (QED) is 0.129. The first-order valence-electron chi connectivity index (χ1n) is 21.8. The Morgan fingerprint density at radius 1 is 0.629 bits per heavy atom. The van der Waals surface area contributed by atoms with E-state index in [4.69, 9.17) is 14.2 Å². The van der Waals surface area contributed by atoms with Crippen molar-refractivity contribution in [2.24, 2.45) is 0 Å². The van der Waals surface area contributed by atoms with E-state index in [1.807, 2.05) is 55.4 Å². The fourth-order valence-corrected chi connectivity index (χ4v) is 7.80. The lowest BCUT2D eigenvalue weighted by atomic mass is 10.1. The maximum Gasteiger partial charge on any atom is 0.433 e. The van der Waals surface area contributed by atoms with Crippen molar-refractivity contribution >= 4 is 39.5 Å². The van der Waals surface area contributed by atoms with Crippen LogP contribution in [0.2, 0.25) is 0 Å². The number of halogens is 7. The SMILES string of the molecule is C.Cc1c(O)ccc2c1CCN2C(=O)OC(C)(C)C.Cc1c(OCc2cc(C(F)(F)F)n(-c3ccccc3)n2)ccc2c1CCN2C(=O)OC(C)(C)C.FC(F)(F)c1cc(CBr)nn1-c1ccccc1. The molecular weight excluding hydrogens is 986 g/mol. The molecule has 0 atom stereocenters. The molecule has 70 heavy (non-hydrogen) atoms. The molecule has 0 spiro atoms. The molecule has 2 aliphatic rings. The number of carbonyl (C=O) groups is 2. The number of phenolic OH excluding ortho intramolecular Hbond substituents is 1. The number of ether oxygens (including phenoxy) is 3. The van der Waals surface area contributed by atoms with Crippen molar-refractivity contribution in [3.63, 3.8) is 0 Å². The number of alkyl halides is 7. The first kappa shape index (κ1) is 54.4. The Morgan fingerprint density at radius 2 is 1.04 bits per heavy atom. The van der Waals surface area contributed by atoms with Crippen LogP contribution >= 0.6 is 15.9 Å². The number of aromatic nitrogens is 4. The van der Waals surface area contributed by atoms with E-state index in [-0.39, 0.29) is 36.9 Å².